The molecule has 1 rings (SSSR count). The third-order valence-corrected chi connectivity index (χ3v) is 17.5. The van der Waals surface area contributed by atoms with E-state index in [-0.39, 0.29) is 13.0 Å². The van der Waals surface area contributed by atoms with Crippen LogP contribution in [0.3, 0.4) is 0 Å². The van der Waals surface area contributed by atoms with Crippen molar-refractivity contribution in [3.05, 3.63) is 85.1 Å². The van der Waals surface area contributed by atoms with Gasteiger partial charge in [0, 0.05) is 6.42 Å². The predicted octanol–water partition coefficient (Wildman–Crippen LogP) is 20.0. The lowest BCUT2D eigenvalue weighted by Crippen LogP contribution is -2.61. The molecule has 1 aliphatic rings. The first kappa shape index (κ1) is 84.9. The molecule has 11 heteroatoms. The Kier molecular flexibility index (Phi) is 62.1. The molecule has 1 amide bonds. The number of aliphatic hydroxyl groups is 5. The maximum absolute atomic E-state index is 13.5. The zero-order valence-electron chi connectivity index (χ0n) is 58.2. The molecule has 0 aromatic carbocycles. The molecule has 0 aromatic heterocycles. The fourth-order valence-electron chi connectivity index (χ4n) is 11.6. The van der Waals surface area contributed by atoms with Gasteiger partial charge in [-0.15, -0.1) is 0 Å². The highest BCUT2D eigenvalue weighted by Crippen LogP contribution is 2.26. The van der Waals surface area contributed by atoms with Gasteiger partial charge in [0.25, 0.3) is 0 Å². The largest absolute Gasteiger partial charge is 0.454 e. The Labute approximate surface area is 553 Å². The standard InChI is InChI=1S/C79H141NO10/c1-4-7-10-13-16-19-22-25-27-29-31-33-35-37-39-41-43-45-47-49-52-55-58-61-64-67-74(84)90-77-76(86)75(85)73(68-81)89-79(77)88-69-70(71(82)65-62-59-56-53-50-24-21-18-15-12-9-6-3)80-78(87)72(83)66-63-60-57-54-51-48-46-44-42-40-38-36-34-32-30-28-26-23-20-17-14-11-8-5-2/h7,10,16,19,25-28,31,33,37,39,62,65,70-73,75-77,79,81-83,85-86H,4-6,8-9,11-15,17-18,20-24,29-30,32,34-36,38,40-61,63-64,66-69H2,1-3H3,(H,80,87)/b10-7-,19-16-,27-25-,28-26+,33-31-,39-37-,65-62+. The van der Waals surface area contributed by atoms with E-state index in [1.54, 1.807) is 6.08 Å². The van der Waals surface area contributed by atoms with Crippen molar-refractivity contribution >= 4 is 11.9 Å². The van der Waals surface area contributed by atoms with E-state index in [4.69, 9.17) is 14.2 Å². The van der Waals surface area contributed by atoms with Gasteiger partial charge in [0.2, 0.25) is 5.91 Å². The number of rotatable bonds is 65. The topological polar surface area (TPSA) is 175 Å². The lowest BCUT2D eigenvalue weighted by Gasteiger charge is -2.41. The zero-order valence-corrected chi connectivity index (χ0v) is 58.2. The molecule has 1 aliphatic heterocycles. The van der Waals surface area contributed by atoms with Crippen LogP contribution in [-0.4, -0.2) is 99.6 Å². The summed E-state index contributed by atoms with van der Waals surface area (Å²) >= 11 is 0. The van der Waals surface area contributed by atoms with Crippen molar-refractivity contribution in [3.63, 3.8) is 0 Å². The molecule has 1 saturated heterocycles. The second-order valence-corrected chi connectivity index (χ2v) is 26.0. The molecule has 0 saturated carbocycles. The highest BCUT2D eigenvalue weighted by Gasteiger charge is 2.47. The average Bonchev–Trinajstić information content (AvgIpc) is 1.18. The number of carbonyl (C=O) groups is 2. The van der Waals surface area contributed by atoms with E-state index in [0.29, 0.717) is 19.3 Å². The Balaban J connectivity index is 2.54. The number of ether oxygens (including phenoxy) is 3. The second-order valence-electron chi connectivity index (χ2n) is 26.0. The number of hydrogen-bond donors (Lipinski definition) is 6. The van der Waals surface area contributed by atoms with Gasteiger partial charge in [-0.05, 0) is 96.3 Å². The summed E-state index contributed by atoms with van der Waals surface area (Å²) in [5.41, 5.74) is 0. The van der Waals surface area contributed by atoms with Crippen molar-refractivity contribution < 1.29 is 49.3 Å². The van der Waals surface area contributed by atoms with Gasteiger partial charge in [-0.2, -0.15) is 0 Å². The van der Waals surface area contributed by atoms with Crippen LogP contribution in [0.15, 0.2) is 85.1 Å². The molecule has 0 aliphatic carbocycles. The minimum Gasteiger partial charge on any atom is -0.454 e. The molecule has 8 unspecified atom stereocenters. The van der Waals surface area contributed by atoms with Gasteiger partial charge in [-0.3, -0.25) is 9.59 Å². The van der Waals surface area contributed by atoms with Gasteiger partial charge in [0.1, 0.15) is 24.4 Å². The summed E-state index contributed by atoms with van der Waals surface area (Å²) in [7, 11) is 0. The van der Waals surface area contributed by atoms with E-state index >= 15 is 0 Å². The van der Waals surface area contributed by atoms with Crippen LogP contribution in [0.1, 0.15) is 342 Å². The van der Waals surface area contributed by atoms with Crippen LogP contribution in [0.5, 0.6) is 0 Å². The molecule has 0 bridgehead atoms. The van der Waals surface area contributed by atoms with Gasteiger partial charge in [0.05, 0.1) is 25.4 Å². The number of hydrogen-bond acceptors (Lipinski definition) is 10. The summed E-state index contributed by atoms with van der Waals surface area (Å²) in [5, 5.41) is 57.4. The number of allylic oxidation sites excluding steroid dienone is 13. The van der Waals surface area contributed by atoms with Gasteiger partial charge >= 0.3 is 5.97 Å². The fraction of sp³-hybridized carbons (Fsp3) is 0.797. The number of carbonyl (C=O) groups excluding carboxylic acids is 2. The molecular weight excluding hydrogens is 1120 g/mol. The maximum Gasteiger partial charge on any atom is 0.306 e. The molecule has 1 heterocycles. The van der Waals surface area contributed by atoms with Crippen molar-refractivity contribution in [1.29, 1.82) is 0 Å². The Morgan fingerprint density at radius 2 is 0.800 bits per heavy atom. The Morgan fingerprint density at radius 3 is 1.21 bits per heavy atom. The number of unbranched alkanes of at least 4 members (excludes halogenated alkanes) is 39. The van der Waals surface area contributed by atoms with Crippen molar-refractivity contribution in [2.45, 2.75) is 391 Å². The fourth-order valence-corrected chi connectivity index (χ4v) is 11.6. The zero-order chi connectivity index (χ0) is 65.3. The van der Waals surface area contributed by atoms with Gasteiger partial charge in [0.15, 0.2) is 12.4 Å². The van der Waals surface area contributed by atoms with E-state index in [0.717, 1.165) is 103 Å². The van der Waals surface area contributed by atoms with Gasteiger partial charge in [-0.25, -0.2) is 0 Å². The minimum absolute atomic E-state index is 0.114. The highest BCUT2D eigenvalue weighted by atomic mass is 16.7. The monoisotopic (exact) mass is 1260 g/mol. The van der Waals surface area contributed by atoms with Crippen molar-refractivity contribution in [1.82, 2.24) is 5.32 Å². The van der Waals surface area contributed by atoms with E-state index in [1.807, 2.05) is 6.08 Å². The molecule has 11 nitrogen and oxygen atoms in total. The predicted molar refractivity (Wildman–Crippen MR) is 379 cm³/mol. The lowest BCUT2D eigenvalue weighted by molar-refractivity contribution is -0.305. The molecule has 90 heavy (non-hydrogen) atoms. The van der Waals surface area contributed by atoms with E-state index in [1.165, 1.54) is 193 Å². The van der Waals surface area contributed by atoms with Crippen LogP contribution in [-0.2, 0) is 23.8 Å². The first-order valence-corrected chi connectivity index (χ1v) is 37.9. The summed E-state index contributed by atoms with van der Waals surface area (Å²) in [6.45, 7) is 5.71. The van der Waals surface area contributed by atoms with E-state index in [2.05, 4.69) is 99.0 Å². The number of esters is 1. The Morgan fingerprint density at radius 1 is 0.444 bits per heavy atom. The third-order valence-electron chi connectivity index (χ3n) is 17.5. The minimum atomic E-state index is -1.62. The van der Waals surface area contributed by atoms with E-state index in [9.17, 15) is 35.1 Å². The maximum atomic E-state index is 13.5. The van der Waals surface area contributed by atoms with Gasteiger partial charge in [-0.1, -0.05) is 324 Å². The smallest absolute Gasteiger partial charge is 0.306 e. The number of amides is 1. The highest BCUT2D eigenvalue weighted by molar-refractivity contribution is 5.80. The summed E-state index contributed by atoms with van der Waals surface area (Å²) in [5.74, 6) is -1.19. The van der Waals surface area contributed by atoms with Crippen molar-refractivity contribution in [2.75, 3.05) is 13.2 Å². The molecule has 0 spiro atoms. The second kappa shape index (κ2) is 65.9. The molecule has 522 valence electrons. The van der Waals surface area contributed by atoms with Gasteiger partial charge < -0.3 is 45.1 Å². The first-order chi connectivity index (χ1) is 44.2. The molecule has 0 radical (unpaired) electrons. The molecule has 8 atom stereocenters. The summed E-state index contributed by atoms with van der Waals surface area (Å²) in [6, 6.07) is -1.03. The Bertz CT molecular complexity index is 1790. The van der Waals surface area contributed by atoms with Crippen molar-refractivity contribution in [3.8, 4) is 0 Å². The first-order valence-electron chi connectivity index (χ1n) is 37.9. The number of nitrogens with one attached hydrogen (secondary N) is 1. The third kappa shape index (κ3) is 52.2. The molecule has 1 fully saturated rings. The summed E-state index contributed by atoms with van der Waals surface area (Å²) in [6.07, 6.45) is 77.7. The van der Waals surface area contributed by atoms with Crippen LogP contribution >= 0.6 is 0 Å². The van der Waals surface area contributed by atoms with E-state index < -0.39 is 67.4 Å². The van der Waals surface area contributed by atoms with Crippen molar-refractivity contribution in [2.24, 2.45) is 0 Å². The number of aliphatic hydroxyl groups excluding tert-OH is 5. The SMILES string of the molecule is CC/C=C\C/C=C\C/C=C\C/C=C\C/C=C\CCCCCCCCCCCC(=O)OC1C(OCC(NC(=O)C(O)CCCCCCCCCCCCCCCC/C=C/CCCCCCCC)C(O)/C=C/CCCCCCCCCCCC)OC(CO)C(O)C1O. The normalized spacial score (nSPS) is 18.5. The van der Waals surface area contributed by atoms with Crippen LogP contribution in [0.2, 0.25) is 0 Å². The summed E-state index contributed by atoms with van der Waals surface area (Å²) in [4.78, 5) is 26.7. The molecule has 0 aromatic rings. The average molecular weight is 1260 g/mol. The van der Waals surface area contributed by atoms with Crippen LogP contribution in [0, 0.1) is 0 Å². The molecule has 6 N–H and O–H groups in total. The quantitative estimate of drug-likeness (QED) is 0.0195. The Hall–Kier alpha value is -3.16. The van der Waals surface area contributed by atoms with Crippen LogP contribution in [0.25, 0.3) is 0 Å². The molecular formula is C79H141NO10. The van der Waals surface area contributed by atoms with Crippen LogP contribution in [0.4, 0.5) is 0 Å². The van der Waals surface area contributed by atoms with Crippen LogP contribution < -0.4 is 5.32 Å². The summed E-state index contributed by atoms with van der Waals surface area (Å²) < 4.78 is 17.7. The lowest BCUT2D eigenvalue weighted by atomic mass is 9.99.